The molecule has 0 saturated heterocycles. The minimum Gasteiger partial charge on any atom is -0.508 e. The molecule has 5 nitrogen and oxygen atoms in total. The molecule has 3 aromatic rings. The lowest BCUT2D eigenvalue weighted by Crippen LogP contribution is -2.16. The quantitative estimate of drug-likeness (QED) is 0.758. The van der Waals surface area contributed by atoms with E-state index in [-0.39, 0.29) is 5.75 Å². The molecule has 3 rings (SSSR count). The van der Waals surface area contributed by atoms with Crippen LogP contribution in [-0.4, -0.2) is 40.6 Å². The van der Waals surface area contributed by atoms with Crippen LogP contribution in [0.3, 0.4) is 0 Å². The van der Waals surface area contributed by atoms with Crippen molar-refractivity contribution in [3.05, 3.63) is 54.4 Å². The number of anilines is 2. The number of para-hydroxylation sites is 1. The van der Waals surface area contributed by atoms with Crippen LogP contribution >= 0.6 is 0 Å². The number of aromatic hydroxyl groups is 1. The maximum atomic E-state index is 9.63. The van der Waals surface area contributed by atoms with Gasteiger partial charge < -0.3 is 15.3 Å². The number of phenols is 1. The van der Waals surface area contributed by atoms with Crippen molar-refractivity contribution in [2.75, 3.05) is 26.0 Å². The van der Waals surface area contributed by atoms with E-state index in [1.165, 1.54) is 0 Å². The summed E-state index contributed by atoms with van der Waals surface area (Å²) in [5, 5.41) is 13.9. The number of phenolic OH excluding ortho intramolecular Hbond substituents is 1. The standard InChI is InChI=1S/C18H20N4O/c1-22(2)11-10-17-20-16-9-4-3-8-15(16)18(21-17)19-13-6-5-7-14(23)12-13/h3-9,12,23H,10-11H2,1-2H3,(H,19,20,21). The molecule has 0 bridgehead atoms. The number of nitrogens with one attached hydrogen (secondary N) is 1. The van der Waals surface area contributed by atoms with Crippen molar-refractivity contribution in [2.45, 2.75) is 6.42 Å². The molecule has 0 spiro atoms. The summed E-state index contributed by atoms with van der Waals surface area (Å²) in [7, 11) is 4.07. The first-order chi connectivity index (χ1) is 11.1. The summed E-state index contributed by atoms with van der Waals surface area (Å²) >= 11 is 0. The van der Waals surface area contributed by atoms with Gasteiger partial charge >= 0.3 is 0 Å². The van der Waals surface area contributed by atoms with E-state index in [0.717, 1.165) is 41.2 Å². The Morgan fingerprint density at radius 3 is 2.65 bits per heavy atom. The molecule has 0 radical (unpaired) electrons. The molecule has 0 saturated carbocycles. The molecule has 0 aliphatic rings. The van der Waals surface area contributed by atoms with Crippen LogP contribution in [0, 0.1) is 0 Å². The van der Waals surface area contributed by atoms with Crippen molar-refractivity contribution in [1.29, 1.82) is 0 Å². The Balaban J connectivity index is 1.99. The molecule has 0 aliphatic carbocycles. The van der Waals surface area contributed by atoms with Crippen molar-refractivity contribution in [3.63, 3.8) is 0 Å². The summed E-state index contributed by atoms with van der Waals surface area (Å²) < 4.78 is 0. The predicted molar refractivity (Wildman–Crippen MR) is 93.2 cm³/mol. The third kappa shape index (κ3) is 3.76. The lowest BCUT2D eigenvalue weighted by atomic mass is 10.2. The zero-order valence-corrected chi connectivity index (χ0v) is 13.3. The van der Waals surface area contributed by atoms with Crippen molar-refractivity contribution in [1.82, 2.24) is 14.9 Å². The Hall–Kier alpha value is -2.66. The van der Waals surface area contributed by atoms with Gasteiger partial charge in [0.1, 0.15) is 17.4 Å². The highest BCUT2D eigenvalue weighted by atomic mass is 16.3. The van der Waals surface area contributed by atoms with E-state index in [0.29, 0.717) is 0 Å². The second-order valence-corrected chi connectivity index (χ2v) is 5.73. The average molecular weight is 308 g/mol. The predicted octanol–water partition coefficient (Wildman–Crippen LogP) is 3.18. The summed E-state index contributed by atoms with van der Waals surface area (Å²) in [6.45, 7) is 0.893. The fourth-order valence-corrected chi connectivity index (χ4v) is 2.38. The molecule has 0 fully saturated rings. The molecule has 118 valence electrons. The third-order valence-corrected chi connectivity index (χ3v) is 3.54. The van der Waals surface area contributed by atoms with Gasteiger partial charge in [-0.25, -0.2) is 9.97 Å². The summed E-state index contributed by atoms with van der Waals surface area (Å²) in [6.07, 6.45) is 0.784. The molecule has 0 unspecified atom stereocenters. The van der Waals surface area contributed by atoms with E-state index >= 15 is 0 Å². The first-order valence-corrected chi connectivity index (χ1v) is 7.58. The van der Waals surface area contributed by atoms with Gasteiger partial charge in [-0.1, -0.05) is 18.2 Å². The largest absolute Gasteiger partial charge is 0.508 e. The maximum absolute atomic E-state index is 9.63. The fraction of sp³-hybridized carbons (Fsp3) is 0.222. The van der Waals surface area contributed by atoms with Crippen LogP contribution < -0.4 is 5.32 Å². The minimum absolute atomic E-state index is 0.223. The van der Waals surface area contributed by atoms with Gasteiger partial charge in [-0.15, -0.1) is 0 Å². The lowest BCUT2D eigenvalue weighted by Gasteiger charge is -2.12. The molecular weight excluding hydrogens is 288 g/mol. The molecule has 2 aromatic carbocycles. The Labute approximate surface area is 135 Å². The van der Waals surface area contributed by atoms with Crippen LogP contribution in [0.4, 0.5) is 11.5 Å². The summed E-state index contributed by atoms with van der Waals surface area (Å²) in [5.74, 6) is 1.79. The molecule has 23 heavy (non-hydrogen) atoms. The second kappa shape index (κ2) is 6.62. The van der Waals surface area contributed by atoms with E-state index in [1.54, 1.807) is 18.2 Å². The number of likely N-dealkylation sites (N-methyl/N-ethyl adjacent to an activating group) is 1. The molecule has 5 heteroatoms. The van der Waals surface area contributed by atoms with E-state index < -0.39 is 0 Å². The number of nitrogens with zero attached hydrogens (tertiary/aromatic N) is 3. The van der Waals surface area contributed by atoms with Crippen LogP contribution in [0.2, 0.25) is 0 Å². The minimum atomic E-state index is 0.223. The summed E-state index contributed by atoms with van der Waals surface area (Å²) in [4.78, 5) is 11.4. The monoisotopic (exact) mass is 308 g/mol. The Morgan fingerprint density at radius 1 is 1.04 bits per heavy atom. The van der Waals surface area contributed by atoms with E-state index in [4.69, 9.17) is 0 Å². The number of rotatable bonds is 5. The topological polar surface area (TPSA) is 61.3 Å². The summed E-state index contributed by atoms with van der Waals surface area (Å²) in [6, 6.07) is 15.0. The van der Waals surface area contributed by atoms with Crippen LogP contribution in [-0.2, 0) is 6.42 Å². The molecule has 0 aliphatic heterocycles. The van der Waals surface area contributed by atoms with Crippen LogP contribution in [0.1, 0.15) is 5.82 Å². The number of hydrogen-bond donors (Lipinski definition) is 2. The van der Waals surface area contributed by atoms with Crippen molar-refractivity contribution in [3.8, 4) is 5.75 Å². The lowest BCUT2D eigenvalue weighted by molar-refractivity contribution is 0.410. The van der Waals surface area contributed by atoms with E-state index in [1.807, 2.05) is 44.4 Å². The molecular formula is C18H20N4O. The maximum Gasteiger partial charge on any atom is 0.142 e. The second-order valence-electron chi connectivity index (χ2n) is 5.73. The third-order valence-electron chi connectivity index (χ3n) is 3.54. The Bertz CT molecular complexity index is 817. The highest BCUT2D eigenvalue weighted by Crippen LogP contribution is 2.25. The first-order valence-electron chi connectivity index (χ1n) is 7.58. The first kappa shape index (κ1) is 15.2. The molecule has 1 heterocycles. The van der Waals surface area contributed by atoms with Gasteiger partial charge in [-0.05, 0) is 38.4 Å². The fourth-order valence-electron chi connectivity index (χ4n) is 2.38. The zero-order chi connectivity index (χ0) is 16.2. The zero-order valence-electron chi connectivity index (χ0n) is 13.3. The van der Waals surface area contributed by atoms with Crippen molar-refractivity contribution < 1.29 is 5.11 Å². The van der Waals surface area contributed by atoms with Gasteiger partial charge in [-0.2, -0.15) is 0 Å². The van der Waals surface area contributed by atoms with Gasteiger partial charge in [0.15, 0.2) is 0 Å². The molecule has 0 atom stereocenters. The highest BCUT2D eigenvalue weighted by Gasteiger charge is 2.08. The van der Waals surface area contributed by atoms with Crippen molar-refractivity contribution >= 4 is 22.4 Å². The Kier molecular flexibility index (Phi) is 4.39. The van der Waals surface area contributed by atoms with Gasteiger partial charge in [0.25, 0.3) is 0 Å². The van der Waals surface area contributed by atoms with E-state index in [2.05, 4.69) is 20.2 Å². The van der Waals surface area contributed by atoms with Gasteiger partial charge in [0.2, 0.25) is 0 Å². The van der Waals surface area contributed by atoms with Crippen LogP contribution in [0.25, 0.3) is 10.9 Å². The SMILES string of the molecule is CN(C)CCc1nc(Nc2cccc(O)c2)c2ccccc2n1. The van der Waals surface area contributed by atoms with Gasteiger partial charge in [-0.3, -0.25) is 0 Å². The summed E-state index contributed by atoms with van der Waals surface area (Å²) in [5.41, 5.74) is 1.71. The van der Waals surface area contributed by atoms with Gasteiger partial charge in [0.05, 0.1) is 5.52 Å². The molecule has 0 amide bonds. The number of hydrogen-bond acceptors (Lipinski definition) is 5. The average Bonchev–Trinajstić information content (AvgIpc) is 2.53. The number of fused-ring (bicyclic) bond motifs is 1. The normalized spacial score (nSPS) is 11.1. The van der Waals surface area contributed by atoms with Crippen molar-refractivity contribution in [2.24, 2.45) is 0 Å². The molecule has 1 aromatic heterocycles. The van der Waals surface area contributed by atoms with Crippen LogP contribution in [0.15, 0.2) is 48.5 Å². The van der Waals surface area contributed by atoms with E-state index in [9.17, 15) is 5.11 Å². The van der Waals surface area contributed by atoms with Gasteiger partial charge in [0, 0.05) is 30.1 Å². The van der Waals surface area contributed by atoms with Crippen LogP contribution in [0.5, 0.6) is 5.75 Å². The Morgan fingerprint density at radius 2 is 1.87 bits per heavy atom. The molecule has 2 N–H and O–H groups in total. The number of aromatic nitrogens is 2. The number of benzene rings is 2. The smallest absolute Gasteiger partial charge is 0.142 e. The highest BCUT2D eigenvalue weighted by molar-refractivity contribution is 5.90.